The van der Waals surface area contributed by atoms with Gasteiger partial charge in [-0.2, -0.15) is 0 Å². The Bertz CT molecular complexity index is 8.00. The number of rotatable bonds is 0. The molecule has 4 heavy (non-hydrogen) atoms. The molecule has 0 amide bonds. The van der Waals surface area contributed by atoms with Crippen LogP contribution in [-0.2, 0) is 26.2 Å². The van der Waals surface area contributed by atoms with Crippen LogP contribution in [0.15, 0.2) is 0 Å². The molecule has 4 heteroatoms. The molecular weight excluding hydrogens is 386 g/mol. The first kappa shape index (κ1) is 25.6. The summed E-state index contributed by atoms with van der Waals surface area (Å²) in [5.41, 5.74) is 0. The number of hydrogen-bond donors (Lipinski definition) is 0. The van der Waals surface area contributed by atoms with Crippen molar-refractivity contribution >= 4 is 48.9 Å². The topological polar surface area (TPSA) is 0 Å². The molecule has 0 atom stereocenters. The summed E-state index contributed by atoms with van der Waals surface area (Å²) < 4.78 is 0. The zero-order valence-electron chi connectivity index (χ0n) is 1.49. The molecule has 19 valence electrons. The fourth-order valence-electron chi connectivity index (χ4n) is 0. The zero-order valence-corrected chi connectivity index (χ0v) is 7.57. The van der Waals surface area contributed by atoms with Gasteiger partial charge in [-0.3, -0.25) is 4.70 Å². The van der Waals surface area contributed by atoms with Gasteiger partial charge in [-0.15, -0.1) is 0 Å². The maximum absolute atomic E-state index is 0. The van der Waals surface area contributed by atoms with E-state index in [4.69, 9.17) is 0 Å². The van der Waals surface area contributed by atoms with E-state index in [1.165, 1.54) is 0 Å². The Morgan fingerprint density at radius 3 is 1.00 bits per heavy atom. The summed E-state index contributed by atoms with van der Waals surface area (Å²) in [4.78, 5) is 0. The van der Waals surface area contributed by atoms with Crippen molar-refractivity contribution in [2.24, 2.45) is 0 Å². The second kappa shape index (κ2) is 16.0. The first-order valence-corrected chi connectivity index (χ1v) is 0. The van der Waals surface area contributed by atoms with Gasteiger partial charge < -0.3 is 0 Å². The van der Waals surface area contributed by atoms with Crippen LogP contribution < -0.4 is 0 Å². The fourth-order valence-corrected chi connectivity index (χ4v) is 0. The average molecular weight is 389 g/mol. The van der Waals surface area contributed by atoms with Gasteiger partial charge in [0.05, 0.1) is 0 Å². The minimum Gasteiger partial charge on any atom is 0 e. The Balaban J connectivity index is 0. The standard InChI is InChI=1S/Ba.FH.La.Zr.2H/h;1H;;;;. The third-order valence-corrected chi connectivity index (χ3v) is 0. The monoisotopic (exact) mass is 389 g/mol. The third kappa shape index (κ3) is 9.13. The zero-order chi connectivity index (χ0) is 0. The summed E-state index contributed by atoms with van der Waals surface area (Å²) in [7, 11) is 0. The minimum atomic E-state index is 0. The van der Waals surface area contributed by atoms with Crippen molar-refractivity contribution in [2.45, 2.75) is 0 Å². The molecule has 0 bridgehead atoms. The molecule has 0 saturated carbocycles. The van der Waals surface area contributed by atoms with E-state index < -0.39 is 0 Å². The Kier molecular flexibility index (Phi) is 102. The first-order valence-electron chi connectivity index (χ1n) is 0. The van der Waals surface area contributed by atoms with E-state index >= 15 is 0 Å². The van der Waals surface area contributed by atoms with Gasteiger partial charge in [-0.05, 0) is 0 Å². The van der Waals surface area contributed by atoms with E-state index in [1.54, 1.807) is 0 Å². The number of hydrogen-bond acceptors (Lipinski definition) is 0. The van der Waals surface area contributed by atoms with Crippen molar-refractivity contribution in [3.63, 3.8) is 0 Å². The molecule has 0 rings (SSSR count). The smallest absolute Gasteiger partial charge is 0 e. The largest absolute Gasteiger partial charge is 0 e. The van der Waals surface area contributed by atoms with Crippen LogP contribution in [0.25, 0.3) is 0 Å². The van der Waals surface area contributed by atoms with Crippen LogP contribution in [0.2, 0.25) is 0 Å². The molecule has 0 aromatic heterocycles. The molecule has 0 spiro atoms. The Labute approximate surface area is 112 Å². The van der Waals surface area contributed by atoms with Gasteiger partial charge in [-0.25, -0.2) is 0 Å². The van der Waals surface area contributed by atoms with Gasteiger partial charge in [-0.1, -0.05) is 0 Å². The van der Waals surface area contributed by atoms with Gasteiger partial charge in [0.1, 0.15) is 0 Å². The Hall–Kier alpha value is 3.58. The molecule has 0 aliphatic heterocycles. The van der Waals surface area contributed by atoms with Gasteiger partial charge in [0, 0.05) is 61.8 Å². The normalized spacial score (nSPS) is 0. The molecule has 0 N–H and O–H groups in total. The molecule has 0 unspecified atom stereocenters. The fraction of sp³-hybridized carbons (Fsp3) is 0. The molecule has 0 heterocycles. The molecule has 0 fully saturated rings. The van der Waals surface area contributed by atoms with Crippen LogP contribution in [-0.4, -0.2) is 48.9 Å². The van der Waals surface area contributed by atoms with Crippen LogP contribution in [0, 0.1) is 35.6 Å². The van der Waals surface area contributed by atoms with Crippen LogP contribution in [0.1, 0.15) is 0 Å². The van der Waals surface area contributed by atoms with E-state index in [2.05, 4.69) is 0 Å². The summed E-state index contributed by atoms with van der Waals surface area (Å²) in [5.74, 6) is 0. The van der Waals surface area contributed by atoms with E-state index in [0.717, 1.165) is 0 Å². The van der Waals surface area contributed by atoms with Crippen molar-refractivity contribution in [2.75, 3.05) is 0 Å². The predicted molar refractivity (Wildman–Crippen MR) is 11.0 cm³/mol. The van der Waals surface area contributed by atoms with Crippen LogP contribution in [0.3, 0.4) is 0 Å². The molecule has 0 aliphatic carbocycles. The molecule has 0 aliphatic rings. The van der Waals surface area contributed by atoms with E-state index in [1.807, 2.05) is 0 Å². The molecule has 0 aromatic rings. The van der Waals surface area contributed by atoms with Gasteiger partial charge in [0.15, 0.2) is 0 Å². The van der Waals surface area contributed by atoms with E-state index in [-0.39, 0.29) is 115 Å². The second-order valence-electron chi connectivity index (χ2n) is 0. The van der Waals surface area contributed by atoms with Crippen molar-refractivity contribution in [1.29, 1.82) is 0 Å². The van der Waals surface area contributed by atoms with Gasteiger partial charge in [0.25, 0.3) is 0 Å². The summed E-state index contributed by atoms with van der Waals surface area (Å²) in [6.07, 6.45) is 0. The average Bonchev–Trinajstić information content (AvgIpc) is 0. The summed E-state index contributed by atoms with van der Waals surface area (Å²) >= 11 is 0. The number of halogens is 1. The SMILES string of the molecule is F.[BaH2].[La].[Zr]. The minimum absolute atomic E-state index is 0. The Morgan fingerprint density at radius 2 is 1.00 bits per heavy atom. The molecular formula is H3BaFLaZr. The maximum Gasteiger partial charge on any atom is 0 e. The molecule has 1 radical (unpaired) electrons. The maximum atomic E-state index is 0. The van der Waals surface area contributed by atoms with E-state index in [0.29, 0.717) is 0 Å². The van der Waals surface area contributed by atoms with Gasteiger partial charge >= 0.3 is 48.9 Å². The summed E-state index contributed by atoms with van der Waals surface area (Å²) in [6.45, 7) is 0. The molecule has 0 aromatic carbocycles. The van der Waals surface area contributed by atoms with Crippen molar-refractivity contribution in [3.8, 4) is 0 Å². The second-order valence-corrected chi connectivity index (χ2v) is 0. The van der Waals surface area contributed by atoms with Gasteiger partial charge in [0.2, 0.25) is 0 Å². The quantitative estimate of drug-likeness (QED) is 0.478. The van der Waals surface area contributed by atoms with Crippen LogP contribution in [0.4, 0.5) is 4.70 Å². The molecule has 0 saturated heterocycles. The Morgan fingerprint density at radius 1 is 1.00 bits per heavy atom. The first-order chi connectivity index (χ1) is 0. The molecule has 0 nitrogen and oxygen atoms in total. The predicted octanol–water partition coefficient (Wildman–Crippen LogP) is -0.766. The van der Waals surface area contributed by atoms with Crippen LogP contribution >= 0.6 is 0 Å². The van der Waals surface area contributed by atoms with Crippen molar-refractivity contribution in [3.05, 3.63) is 0 Å². The third-order valence-electron chi connectivity index (χ3n) is 0. The van der Waals surface area contributed by atoms with Crippen LogP contribution in [0.5, 0.6) is 0 Å². The van der Waals surface area contributed by atoms with Crippen molar-refractivity contribution < 1.29 is 66.5 Å². The summed E-state index contributed by atoms with van der Waals surface area (Å²) in [6, 6.07) is 0. The van der Waals surface area contributed by atoms with Crippen molar-refractivity contribution in [1.82, 2.24) is 0 Å². The van der Waals surface area contributed by atoms with E-state index in [9.17, 15) is 0 Å². The summed E-state index contributed by atoms with van der Waals surface area (Å²) in [5, 5.41) is 0.